The molecule has 6 nitrogen and oxygen atoms in total. The van der Waals surface area contributed by atoms with Gasteiger partial charge in [0.2, 0.25) is 0 Å². The fraction of sp³-hybridized carbons (Fsp3) is 0.381. The first-order chi connectivity index (χ1) is 13.0. The maximum Gasteiger partial charge on any atom is 0.164 e. The molecule has 1 aromatic carbocycles. The molecule has 140 valence electrons. The van der Waals surface area contributed by atoms with E-state index in [1.165, 1.54) is 11.1 Å². The molecule has 3 N–H and O–H groups in total. The van der Waals surface area contributed by atoms with E-state index in [9.17, 15) is 15.3 Å². The smallest absolute Gasteiger partial charge is 0.164 e. The molecule has 0 unspecified atom stereocenters. The highest BCUT2D eigenvalue weighted by atomic mass is 16.6. The van der Waals surface area contributed by atoms with Crippen LogP contribution in [0.1, 0.15) is 34.6 Å². The molecule has 0 bridgehead atoms. The number of nitrogens with zero attached hydrogens (tertiary/aromatic N) is 2. The van der Waals surface area contributed by atoms with Gasteiger partial charge in [0.05, 0.1) is 0 Å². The number of fused-ring (bicyclic) bond motifs is 2. The summed E-state index contributed by atoms with van der Waals surface area (Å²) in [5.74, 6) is 0. The average molecular weight is 366 g/mol. The van der Waals surface area contributed by atoms with E-state index in [2.05, 4.69) is 4.98 Å². The summed E-state index contributed by atoms with van der Waals surface area (Å²) in [7, 11) is 0. The van der Waals surface area contributed by atoms with Gasteiger partial charge in [-0.1, -0.05) is 18.2 Å². The minimum Gasteiger partial charge on any atom is -0.387 e. The highest BCUT2D eigenvalue weighted by Gasteiger charge is 2.47. The van der Waals surface area contributed by atoms with E-state index in [1.54, 1.807) is 17.0 Å². The standard InChI is InChI=1S/C21H22N2O4/c1-11-6-8-22-20-15(11)7-9-23(20)21-18(26)17(25)19(27-21)16(24)14-5-3-12-2-4-13(12)10-14/h3,5-10,16-19,21,24-26H,2,4H2,1H3/t16-,17+,18-,19-,21-/m1/s1. The summed E-state index contributed by atoms with van der Waals surface area (Å²) >= 11 is 0. The number of rotatable bonds is 3. The van der Waals surface area contributed by atoms with Crippen LogP contribution in [0, 0.1) is 6.92 Å². The summed E-state index contributed by atoms with van der Waals surface area (Å²) in [5, 5.41) is 32.9. The molecule has 1 saturated heterocycles. The molecule has 6 heteroatoms. The number of hydrogen-bond acceptors (Lipinski definition) is 5. The van der Waals surface area contributed by atoms with E-state index in [-0.39, 0.29) is 0 Å². The van der Waals surface area contributed by atoms with E-state index >= 15 is 0 Å². The zero-order valence-corrected chi connectivity index (χ0v) is 15.0. The van der Waals surface area contributed by atoms with Crippen molar-refractivity contribution in [3.8, 4) is 0 Å². The van der Waals surface area contributed by atoms with Crippen molar-refractivity contribution in [3.63, 3.8) is 0 Å². The Bertz CT molecular complexity index is 1010. The third kappa shape index (κ3) is 2.52. The second-order valence-corrected chi connectivity index (χ2v) is 7.53. The SMILES string of the molecule is Cc1ccnc2c1ccn2[C@@H]1O[C@H]([C@H](O)c2ccc3c(c2)CC3)[C@@H](O)[C@H]1O. The lowest BCUT2D eigenvalue weighted by atomic mass is 9.85. The first-order valence-electron chi connectivity index (χ1n) is 9.28. The van der Waals surface area contributed by atoms with E-state index in [0.29, 0.717) is 11.2 Å². The van der Waals surface area contributed by atoms with Crippen molar-refractivity contribution < 1.29 is 20.1 Å². The number of aliphatic hydroxyl groups excluding tert-OH is 3. The lowest BCUT2D eigenvalue weighted by Crippen LogP contribution is -2.35. The lowest BCUT2D eigenvalue weighted by molar-refractivity contribution is -0.0848. The van der Waals surface area contributed by atoms with Crippen LogP contribution in [-0.2, 0) is 17.6 Å². The maximum atomic E-state index is 10.8. The van der Waals surface area contributed by atoms with Gasteiger partial charge in [-0.05, 0) is 54.2 Å². The van der Waals surface area contributed by atoms with Crippen LogP contribution in [-0.4, -0.2) is 43.2 Å². The zero-order chi connectivity index (χ0) is 18.7. The minimum absolute atomic E-state index is 0.683. The van der Waals surface area contributed by atoms with Crippen LogP contribution in [0.25, 0.3) is 11.0 Å². The maximum absolute atomic E-state index is 10.8. The van der Waals surface area contributed by atoms with Crippen molar-refractivity contribution in [1.82, 2.24) is 9.55 Å². The van der Waals surface area contributed by atoms with Gasteiger partial charge in [0.25, 0.3) is 0 Å². The zero-order valence-electron chi connectivity index (χ0n) is 15.0. The summed E-state index contributed by atoms with van der Waals surface area (Å²) in [4.78, 5) is 4.39. The summed E-state index contributed by atoms with van der Waals surface area (Å²) in [6.07, 6.45) is 0.501. The van der Waals surface area contributed by atoms with Gasteiger partial charge in [-0.3, -0.25) is 0 Å². The second kappa shape index (κ2) is 6.14. The molecule has 3 heterocycles. The fourth-order valence-electron chi connectivity index (χ4n) is 4.16. The number of aromatic nitrogens is 2. The first kappa shape index (κ1) is 16.9. The molecule has 2 aliphatic rings. The van der Waals surface area contributed by atoms with Gasteiger partial charge in [-0.25, -0.2) is 4.98 Å². The van der Waals surface area contributed by atoms with Crippen LogP contribution in [0.15, 0.2) is 42.7 Å². The molecular weight excluding hydrogens is 344 g/mol. The molecule has 0 amide bonds. The number of benzene rings is 1. The normalized spacial score (nSPS) is 28.1. The molecule has 0 spiro atoms. The van der Waals surface area contributed by atoms with Crippen molar-refractivity contribution >= 4 is 11.0 Å². The highest BCUT2D eigenvalue weighted by Crippen LogP contribution is 2.38. The van der Waals surface area contributed by atoms with Crippen molar-refractivity contribution in [2.75, 3.05) is 0 Å². The van der Waals surface area contributed by atoms with Crippen LogP contribution < -0.4 is 0 Å². The summed E-state index contributed by atoms with van der Waals surface area (Å²) in [6, 6.07) is 9.69. The second-order valence-electron chi connectivity index (χ2n) is 7.53. The Hall–Kier alpha value is -2.25. The lowest BCUT2D eigenvalue weighted by Gasteiger charge is -2.25. The van der Waals surface area contributed by atoms with Crippen LogP contribution in [0.3, 0.4) is 0 Å². The van der Waals surface area contributed by atoms with Gasteiger partial charge in [-0.15, -0.1) is 0 Å². The molecule has 2 aromatic heterocycles. The number of aryl methyl sites for hydroxylation is 3. The Labute approximate surface area is 156 Å². The van der Waals surface area contributed by atoms with E-state index in [1.807, 2.05) is 37.3 Å². The van der Waals surface area contributed by atoms with Crippen LogP contribution in [0.4, 0.5) is 0 Å². The fourth-order valence-corrected chi connectivity index (χ4v) is 4.16. The number of ether oxygens (including phenoxy) is 1. The number of pyridine rings is 1. The third-order valence-corrected chi connectivity index (χ3v) is 5.93. The molecule has 5 rings (SSSR count). The Kier molecular flexibility index (Phi) is 3.84. The Morgan fingerprint density at radius 1 is 1.11 bits per heavy atom. The molecule has 3 aromatic rings. The predicted molar refractivity (Wildman–Crippen MR) is 99.2 cm³/mol. The summed E-state index contributed by atoms with van der Waals surface area (Å²) in [6.45, 7) is 1.99. The molecule has 1 aliphatic heterocycles. The van der Waals surface area contributed by atoms with Crippen LogP contribution in [0.2, 0.25) is 0 Å². The molecular formula is C21H22N2O4. The van der Waals surface area contributed by atoms with E-state index in [0.717, 1.165) is 23.8 Å². The predicted octanol–water partition coefficient (Wildman–Crippen LogP) is 1.80. The summed E-state index contributed by atoms with van der Waals surface area (Å²) in [5.41, 5.74) is 4.99. The van der Waals surface area contributed by atoms with Gasteiger partial charge in [0.15, 0.2) is 6.23 Å². The van der Waals surface area contributed by atoms with Gasteiger partial charge in [0, 0.05) is 17.8 Å². The van der Waals surface area contributed by atoms with Crippen molar-refractivity contribution in [2.24, 2.45) is 0 Å². The number of hydrogen-bond donors (Lipinski definition) is 3. The molecule has 5 atom stereocenters. The van der Waals surface area contributed by atoms with Crippen molar-refractivity contribution in [1.29, 1.82) is 0 Å². The van der Waals surface area contributed by atoms with Crippen LogP contribution >= 0.6 is 0 Å². The van der Waals surface area contributed by atoms with Gasteiger partial charge >= 0.3 is 0 Å². The Balaban J connectivity index is 1.46. The first-order valence-corrected chi connectivity index (χ1v) is 9.28. The van der Waals surface area contributed by atoms with E-state index in [4.69, 9.17) is 4.74 Å². The van der Waals surface area contributed by atoms with Crippen molar-refractivity contribution in [2.45, 2.75) is 50.4 Å². The van der Waals surface area contributed by atoms with Crippen molar-refractivity contribution in [3.05, 3.63) is 65.0 Å². The third-order valence-electron chi connectivity index (χ3n) is 5.93. The molecule has 1 aliphatic carbocycles. The highest BCUT2D eigenvalue weighted by molar-refractivity contribution is 5.79. The van der Waals surface area contributed by atoms with Gasteiger partial charge in [0.1, 0.15) is 30.1 Å². The quantitative estimate of drug-likeness (QED) is 0.658. The van der Waals surface area contributed by atoms with Gasteiger partial charge in [-0.2, -0.15) is 0 Å². The monoisotopic (exact) mass is 366 g/mol. The average Bonchev–Trinajstić information content (AvgIpc) is 3.19. The molecule has 0 saturated carbocycles. The summed E-state index contributed by atoms with van der Waals surface area (Å²) < 4.78 is 7.68. The largest absolute Gasteiger partial charge is 0.387 e. The number of aliphatic hydroxyl groups is 3. The van der Waals surface area contributed by atoms with E-state index < -0.39 is 30.6 Å². The minimum atomic E-state index is -1.20. The Morgan fingerprint density at radius 3 is 2.67 bits per heavy atom. The molecule has 1 fully saturated rings. The molecule has 0 radical (unpaired) electrons. The van der Waals surface area contributed by atoms with Gasteiger partial charge < -0.3 is 24.6 Å². The molecule has 27 heavy (non-hydrogen) atoms. The van der Waals surface area contributed by atoms with Crippen LogP contribution in [0.5, 0.6) is 0 Å². The topological polar surface area (TPSA) is 87.7 Å². The Morgan fingerprint density at radius 2 is 1.93 bits per heavy atom.